The zero-order valence-corrected chi connectivity index (χ0v) is 22.1. The van der Waals surface area contributed by atoms with E-state index in [2.05, 4.69) is 17.2 Å². The van der Waals surface area contributed by atoms with Crippen LogP contribution < -0.4 is 15.4 Å². The molecule has 5 nitrogen and oxygen atoms in total. The number of benzene rings is 3. The Hall–Kier alpha value is -3.43. The van der Waals surface area contributed by atoms with Crippen molar-refractivity contribution < 1.29 is 32.2 Å². The van der Waals surface area contributed by atoms with E-state index >= 15 is 0 Å². The van der Waals surface area contributed by atoms with Gasteiger partial charge in [0.2, 0.25) is 0 Å². The van der Waals surface area contributed by atoms with Crippen molar-refractivity contribution in [3.8, 4) is 11.5 Å². The fraction of sp³-hybridized carbons (Fsp3) is 0.222. The molecule has 0 radical (unpaired) electrons. The second kappa shape index (κ2) is 11.1. The van der Waals surface area contributed by atoms with Gasteiger partial charge in [0.25, 0.3) is 5.91 Å². The van der Waals surface area contributed by atoms with Crippen LogP contribution >= 0.6 is 23.2 Å². The van der Waals surface area contributed by atoms with Crippen molar-refractivity contribution in [2.75, 3.05) is 5.32 Å². The molecule has 202 valence electrons. The van der Waals surface area contributed by atoms with Gasteiger partial charge >= 0.3 is 6.18 Å². The highest BCUT2D eigenvalue weighted by Crippen LogP contribution is 2.40. The molecule has 0 unspecified atom stereocenters. The number of nitrogens with one attached hydrogen (secondary N) is 2. The number of hydrogen-bond donors (Lipinski definition) is 3. The maximum atomic E-state index is 14.6. The molecular formula is C27H24Cl2F4N2O3. The third-order valence-electron chi connectivity index (χ3n) is 5.01. The van der Waals surface area contributed by atoms with Crippen molar-refractivity contribution in [1.82, 2.24) is 5.32 Å². The second-order valence-electron chi connectivity index (χ2n) is 9.45. The SMILES string of the molecule is C=C(O)Cc1cc(Cl)c(Oc2ccc(C(=O)NC(C)(C)C)cc2Nc2ccc(C(F)(F)F)cc2Cl)cc1F. The number of carbonyl (C=O) groups excluding carboxylic acids is 1. The van der Waals surface area contributed by atoms with E-state index in [0.29, 0.717) is 0 Å². The molecule has 0 aliphatic carbocycles. The Balaban J connectivity index is 2.04. The van der Waals surface area contributed by atoms with Crippen molar-refractivity contribution in [1.29, 1.82) is 0 Å². The van der Waals surface area contributed by atoms with Gasteiger partial charge < -0.3 is 20.5 Å². The van der Waals surface area contributed by atoms with Crippen LogP contribution in [0.3, 0.4) is 0 Å². The maximum Gasteiger partial charge on any atom is 0.416 e. The molecule has 0 fully saturated rings. The number of amides is 1. The molecule has 3 aromatic rings. The van der Waals surface area contributed by atoms with Gasteiger partial charge in [-0.2, -0.15) is 13.2 Å². The first-order valence-corrected chi connectivity index (χ1v) is 11.9. The summed E-state index contributed by atoms with van der Waals surface area (Å²) < 4.78 is 59.6. The molecule has 0 saturated carbocycles. The van der Waals surface area contributed by atoms with Crippen molar-refractivity contribution >= 4 is 40.5 Å². The van der Waals surface area contributed by atoms with Crippen molar-refractivity contribution in [2.24, 2.45) is 0 Å². The summed E-state index contributed by atoms with van der Waals surface area (Å²) in [6, 6.07) is 9.36. The predicted molar refractivity (Wildman–Crippen MR) is 140 cm³/mol. The predicted octanol–water partition coefficient (Wildman–Crippen LogP) is 8.83. The zero-order valence-electron chi connectivity index (χ0n) is 20.6. The van der Waals surface area contributed by atoms with Gasteiger partial charge in [-0.25, -0.2) is 4.39 Å². The minimum absolute atomic E-state index is 0.0238. The largest absolute Gasteiger partial charge is 0.513 e. The van der Waals surface area contributed by atoms with E-state index in [0.717, 1.165) is 24.3 Å². The summed E-state index contributed by atoms with van der Waals surface area (Å²) in [5, 5.41) is 14.9. The Labute approximate surface area is 227 Å². The van der Waals surface area contributed by atoms with Gasteiger partial charge in [0.05, 0.1) is 32.7 Å². The molecule has 0 aromatic heterocycles. The van der Waals surface area contributed by atoms with E-state index < -0.39 is 29.0 Å². The summed E-state index contributed by atoms with van der Waals surface area (Å²) in [7, 11) is 0. The number of halogens is 6. The molecule has 1 amide bonds. The molecule has 0 heterocycles. The van der Waals surface area contributed by atoms with Crippen LogP contribution in [-0.4, -0.2) is 16.6 Å². The molecule has 3 N–H and O–H groups in total. The molecule has 3 rings (SSSR count). The average molecular weight is 571 g/mol. The van der Waals surface area contributed by atoms with Crippen LogP contribution in [0.25, 0.3) is 0 Å². The first-order chi connectivity index (χ1) is 17.5. The van der Waals surface area contributed by atoms with Gasteiger partial charge in [-0.15, -0.1) is 0 Å². The van der Waals surface area contributed by atoms with Gasteiger partial charge in [0.15, 0.2) is 5.75 Å². The lowest BCUT2D eigenvalue weighted by molar-refractivity contribution is -0.137. The van der Waals surface area contributed by atoms with Gasteiger partial charge in [0.1, 0.15) is 11.6 Å². The topological polar surface area (TPSA) is 70.6 Å². The average Bonchev–Trinajstić information content (AvgIpc) is 2.77. The van der Waals surface area contributed by atoms with E-state index in [-0.39, 0.29) is 56.2 Å². The Morgan fingerprint density at radius 1 is 0.974 bits per heavy atom. The molecule has 0 atom stereocenters. The van der Waals surface area contributed by atoms with Gasteiger partial charge in [0, 0.05) is 23.6 Å². The second-order valence-corrected chi connectivity index (χ2v) is 10.3. The Kier molecular flexibility index (Phi) is 8.53. The normalized spacial score (nSPS) is 11.7. The van der Waals surface area contributed by atoms with Crippen LogP contribution in [0.15, 0.2) is 60.9 Å². The highest BCUT2D eigenvalue weighted by molar-refractivity contribution is 6.33. The summed E-state index contributed by atoms with van der Waals surface area (Å²) in [4.78, 5) is 12.8. The molecule has 0 bridgehead atoms. The lowest BCUT2D eigenvalue weighted by atomic mass is 10.1. The monoisotopic (exact) mass is 570 g/mol. The number of ether oxygens (including phenoxy) is 1. The van der Waals surface area contributed by atoms with E-state index in [1.54, 1.807) is 20.8 Å². The minimum atomic E-state index is -4.59. The lowest BCUT2D eigenvalue weighted by Gasteiger charge is -2.21. The maximum absolute atomic E-state index is 14.6. The van der Waals surface area contributed by atoms with Crippen molar-refractivity contribution in [2.45, 2.75) is 38.9 Å². The summed E-state index contributed by atoms with van der Waals surface area (Å²) in [5.41, 5.74) is -0.908. The van der Waals surface area contributed by atoms with Crippen LogP contribution in [0.5, 0.6) is 11.5 Å². The molecule has 11 heteroatoms. The Morgan fingerprint density at radius 3 is 2.24 bits per heavy atom. The fourth-order valence-corrected chi connectivity index (χ4v) is 3.78. The van der Waals surface area contributed by atoms with Crippen LogP contribution in [0.1, 0.15) is 42.3 Å². The van der Waals surface area contributed by atoms with Crippen LogP contribution in [0.4, 0.5) is 28.9 Å². The Bertz CT molecular complexity index is 1390. The minimum Gasteiger partial charge on any atom is -0.513 e. The van der Waals surface area contributed by atoms with E-state index in [4.69, 9.17) is 27.9 Å². The molecule has 0 saturated heterocycles. The zero-order chi connectivity index (χ0) is 28.4. The third-order valence-corrected chi connectivity index (χ3v) is 5.62. The van der Waals surface area contributed by atoms with Crippen molar-refractivity contribution in [3.05, 3.63) is 93.4 Å². The lowest BCUT2D eigenvalue weighted by Crippen LogP contribution is -2.40. The fourth-order valence-electron chi connectivity index (χ4n) is 3.33. The number of aliphatic hydroxyl groups excluding tert-OH is 1. The number of allylic oxidation sites excluding steroid dienone is 1. The molecule has 0 spiro atoms. The number of anilines is 2. The number of alkyl halides is 3. The van der Waals surface area contributed by atoms with Crippen LogP contribution in [-0.2, 0) is 12.6 Å². The van der Waals surface area contributed by atoms with Gasteiger partial charge in [-0.05, 0) is 68.8 Å². The highest BCUT2D eigenvalue weighted by Gasteiger charge is 2.31. The number of aliphatic hydroxyl groups is 1. The first-order valence-electron chi connectivity index (χ1n) is 11.2. The third kappa shape index (κ3) is 7.55. The van der Waals surface area contributed by atoms with Gasteiger partial charge in [-0.3, -0.25) is 4.79 Å². The Morgan fingerprint density at radius 2 is 1.66 bits per heavy atom. The number of hydrogen-bond acceptors (Lipinski definition) is 4. The van der Waals surface area contributed by atoms with Crippen LogP contribution in [0, 0.1) is 5.82 Å². The molecular weight excluding hydrogens is 547 g/mol. The van der Waals surface area contributed by atoms with Gasteiger partial charge in [-0.1, -0.05) is 29.8 Å². The summed E-state index contributed by atoms with van der Waals surface area (Å²) >= 11 is 12.4. The van der Waals surface area contributed by atoms with Crippen LogP contribution in [0.2, 0.25) is 10.0 Å². The first kappa shape index (κ1) is 29.1. The van der Waals surface area contributed by atoms with E-state index in [9.17, 15) is 27.5 Å². The number of rotatable bonds is 7. The standard InChI is InChI=1S/C27H24Cl2F4N2O3/c1-14(36)9-16-10-19(29)24(13-20(16)30)38-23-8-5-15(25(37)35-26(2,3)4)11-22(23)34-21-7-6-17(12-18(21)28)27(31,32)33/h5-8,10-13,34,36H,1,9H2,2-4H3,(H,35,37). The molecule has 0 aliphatic heterocycles. The smallest absolute Gasteiger partial charge is 0.416 e. The quantitative estimate of drug-likeness (QED) is 0.196. The molecule has 0 aliphatic rings. The summed E-state index contributed by atoms with van der Waals surface area (Å²) in [5.74, 6) is -1.37. The van der Waals surface area contributed by atoms with E-state index in [1.165, 1.54) is 24.3 Å². The number of carbonyl (C=O) groups is 1. The van der Waals surface area contributed by atoms with Crippen molar-refractivity contribution in [3.63, 3.8) is 0 Å². The highest BCUT2D eigenvalue weighted by atomic mass is 35.5. The van der Waals surface area contributed by atoms with E-state index in [1.807, 2.05) is 0 Å². The summed E-state index contributed by atoms with van der Waals surface area (Å²) in [6.07, 6.45) is -4.74. The summed E-state index contributed by atoms with van der Waals surface area (Å²) in [6.45, 7) is 8.74. The molecule has 3 aromatic carbocycles. The molecule has 38 heavy (non-hydrogen) atoms.